The lowest BCUT2D eigenvalue weighted by atomic mass is 9.89. The first-order chi connectivity index (χ1) is 35.8. The maximum Gasteiger partial charge on any atom is 0.518 e. The highest BCUT2D eigenvalue weighted by atomic mass is 32.2. The summed E-state index contributed by atoms with van der Waals surface area (Å²) < 4.78 is 180. The Morgan fingerprint density at radius 1 is 0.373 bits per heavy atom. The third kappa shape index (κ3) is 8.26. The molecule has 0 bridgehead atoms. The largest absolute Gasteiger partial charge is 0.518 e. The Labute approximate surface area is 423 Å². The Morgan fingerprint density at radius 2 is 0.693 bits per heavy atom. The van der Waals surface area contributed by atoms with Crippen LogP contribution in [0.5, 0.6) is 23.0 Å². The third-order valence-electron chi connectivity index (χ3n) is 12.5. The van der Waals surface area contributed by atoms with Gasteiger partial charge in [-0.1, -0.05) is 170 Å². The van der Waals surface area contributed by atoms with Crippen molar-refractivity contribution in [2.45, 2.75) is 11.0 Å². The molecule has 2 aliphatic heterocycles. The van der Waals surface area contributed by atoms with Crippen LogP contribution in [-0.4, -0.2) is 27.9 Å². The summed E-state index contributed by atoms with van der Waals surface area (Å²) in [7, 11) is -26.0. The quantitative estimate of drug-likeness (QED) is 0.118. The zero-order chi connectivity index (χ0) is 52.1. The molecule has 0 aromatic heterocycles. The number of rotatable bonds is 6. The highest BCUT2D eigenvalue weighted by Crippen LogP contribution is 2.78. The van der Waals surface area contributed by atoms with E-state index < -0.39 is 57.9 Å². The van der Waals surface area contributed by atoms with Crippen LogP contribution in [0.3, 0.4) is 0 Å². The average Bonchev–Trinajstić information content (AvgIpc) is 3.65. The minimum absolute atomic E-state index is 0.114. The summed E-state index contributed by atoms with van der Waals surface area (Å²) in [5.41, 5.74) is -11.0. The molecule has 0 radical (unpaired) electrons. The molecule has 21 heteroatoms. The third-order valence-corrected chi connectivity index (χ3v) is 20.6. The van der Waals surface area contributed by atoms with Gasteiger partial charge in [0.25, 0.3) is 0 Å². The second kappa shape index (κ2) is 17.5. The van der Waals surface area contributed by atoms with E-state index in [2.05, 4.69) is 13.2 Å². The van der Waals surface area contributed by atoms with Gasteiger partial charge in [-0.3, -0.25) is 0 Å². The van der Waals surface area contributed by atoms with Gasteiger partial charge in [-0.2, -0.15) is 43.2 Å². The summed E-state index contributed by atoms with van der Waals surface area (Å²) in [6.07, 6.45) is 0. The number of nitrogens with zero attached hydrogens (tertiary/aromatic N) is 3. The maximum atomic E-state index is 15.2. The van der Waals surface area contributed by atoms with Gasteiger partial charge in [-0.05, 0) is 78.5 Å². The molecule has 75 heavy (non-hydrogen) atoms. The molecule has 0 saturated carbocycles. The lowest BCUT2D eigenvalue weighted by Gasteiger charge is -2.42. The van der Waals surface area contributed by atoms with Gasteiger partial charge in [-0.15, -0.1) is 8.30 Å². The smallest absolute Gasteiger partial charge is 0.442 e. The molecule has 376 valence electrons. The van der Waals surface area contributed by atoms with Crippen molar-refractivity contribution in [2.75, 3.05) is 0 Å². The summed E-state index contributed by atoms with van der Waals surface area (Å²) in [4.78, 5) is 4.40. The number of alkyl halides is 6. The highest BCUT2D eigenvalue weighted by molar-refractivity contribution is 7.98. The minimum Gasteiger partial charge on any atom is -0.442 e. The van der Waals surface area contributed by atoms with Crippen LogP contribution >= 0.6 is 15.3 Å². The second-order valence-corrected chi connectivity index (χ2v) is 24.7. The first kappa shape index (κ1) is 48.3. The predicted molar refractivity (Wildman–Crippen MR) is 279 cm³/mol. The molecule has 12 rings (SSSR count). The summed E-state index contributed by atoms with van der Waals surface area (Å²) in [6, 6.07) is 52.6. The van der Waals surface area contributed by atoms with E-state index >= 15 is 26.3 Å². The minimum atomic E-state index is -6.90. The van der Waals surface area contributed by atoms with Crippen molar-refractivity contribution in [3.63, 3.8) is 0 Å². The van der Waals surface area contributed by atoms with Gasteiger partial charge in [0.2, 0.25) is 15.3 Å². The molecule has 0 aliphatic carbocycles. The zero-order valence-corrected chi connectivity index (χ0v) is 41.5. The Morgan fingerprint density at radius 3 is 1.05 bits per heavy atom. The second-order valence-electron chi connectivity index (χ2n) is 17.2. The molecule has 2 aliphatic rings. The fourth-order valence-electron chi connectivity index (χ4n) is 9.39. The SMILES string of the molecule is O=S(=O)(N=P1([N-]P2(=NS(=O)(=O)C(F)(F)F)Oc3ccc4ccccc4c3-c3c(c(-c4ccccc4)cc4ccccc34)O2)Oc2ccc3ccccc3c2-c2c(c(-c3ccccc3)cc3ccccc23)O1)C(F)(F)F. The molecule has 0 amide bonds. The Balaban J connectivity index is 1.26. The monoisotopic (exact) mass is 1090 g/mol. The Kier molecular flexibility index (Phi) is 11.2. The van der Waals surface area contributed by atoms with Gasteiger partial charge in [0, 0.05) is 33.4 Å². The van der Waals surface area contributed by atoms with Crippen LogP contribution in [0.1, 0.15) is 0 Å². The topological polar surface area (TPSA) is 144 Å². The lowest BCUT2D eigenvalue weighted by Crippen LogP contribution is -2.22. The summed E-state index contributed by atoms with van der Waals surface area (Å²) in [6.45, 7) is 0. The van der Waals surface area contributed by atoms with E-state index in [1.807, 2.05) is 0 Å². The molecule has 2 atom stereocenters. The van der Waals surface area contributed by atoms with E-state index in [0.717, 1.165) is 0 Å². The number of hydrogen-bond donors (Lipinski definition) is 0. The van der Waals surface area contributed by atoms with Crippen molar-refractivity contribution in [2.24, 2.45) is 8.30 Å². The van der Waals surface area contributed by atoms with E-state index in [1.165, 1.54) is 24.3 Å². The highest BCUT2D eigenvalue weighted by Gasteiger charge is 2.51. The standard InChI is InChI=1S/C54H32F6N3O8P2S2/c55-53(56,57)74(64,65)62-72(68-45-29-27-35-19-7-11-23-39(35)47(45)49-41-25-13-9-21-37(41)31-43(51(49)70-72)33-15-3-1-4-16-33)61-73(63-75(66,67)54(58,59)60)69-46-30-28-36-20-8-12-24-40(36)48(46)50-42-26-14-10-22-38(42)32-44(52(50)71-73)34-17-5-2-6-18-34/h1-32H/q-1. The van der Waals surface area contributed by atoms with Crippen LogP contribution in [-0.2, 0) is 20.0 Å². The fourth-order valence-corrected chi connectivity index (χ4v) is 17.2. The number of sulfonamides is 2. The summed E-state index contributed by atoms with van der Waals surface area (Å²) in [5.74, 6) is -1.59. The van der Waals surface area contributed by atoms with Crippen molar-refractivity contribution >= 4 is 78.5 Å². The number of hydrogen-bond acceptors (Lipinski definition) is 8. The van der Waals surface area contributed by atoms with Crippen LogP contribution in [0.25, 0.3) is 92.5 Å². The van der Waals surface area contributed by atoms with Gasteiger partial charge in [0.05, 0.1) is 0 Å². The van der Waals surface area contributed by atoms with Crippen LogP contribution in [0.4, 0.5) is 26.3 Å². The van der Waals surface area contributed by atoms with Gasteiger partial charge in [0.1, 0.15) is 23.0 Å². The average molecular weight is 1090 g/mol. The van der Waals surface area contributed by atoms with E-state index in [0.29, 0.717) is 54.2 Å². The molecule has 0 spiro atoms. The predicted octanol–water partition coefficient (Wildman–Crippen LogP) is 17.2. The Bertz CT molecular complexity index is 4110. The fraction of sp³-hybridized carbons (Fsp3) is 0.0370. The van der Waals surface area contributed by atoms with Gasteiger partial charge >= 0.3 is 31.1 Å². The van der Waals surface area contributed by atoms with E-state index in [1.54, 1.807) is 170 Å². The van der Waals surface area contributed by atoms with Crippen LogP contribution in [0.2, 0.25) is 0 Å². The summed E-state index contributed by atoms with van der Waals surface area (Å²) in [5, 5.41) is 3.86. The molecule has 2 unspecified atom stereocenters. The summed E-state index contributed by atoms with van der Waals surface area (Å²) >= 11 is 0. The molecule has 0 N–H and O–H groups in total. The van der Waals surface area contributed by atoms with Crippen molar-refractivity contribution in [1.82, 2.24) is 0 Å². The first-order valence-corrected chi connectivity index (χ1v) is 28.5. The van der Waals surface area contributed by atoms with Crippen LogP contribution < -0.4 is 18.1 Å². The molecular formula is C54H32F6N3O8P2S2-. The Hall–Kier alpha value is -7.66. The van der Waals surface area contributed by atoms with Gasteiger partial charge < -0.3 is 23.0 Å². The number of halogens is 6. The molecule has 10 aromatic rings. The zero-order valence-electron chi connectivity index (χ0n) is 38.1. The van der Waals surface area contributed by atoms with Gasteiger partial charge in [0.15, 0.2) is 0 Å². The van der Waals surface area contributed by atoms with Crippen molar-refractivity contribution < 1.29 is 61.3 Å². The molecule has 2 heterocycles. The van der Waals surface area contributed by atoms with Crippen LogP contribution in [0, 0.1) is 0 Å². The lowest BCUT2D eigenvalue weighted by molar-refractivity contribution is -0.0440. The number of benzene rings is 10. The first-order valence-electron chi connectivity index (χ1n) is 22.5. The van der Waals surface area contributed by atoms with E-state index in [9.17, 15) is 16.8 Å². The normalized spacial score (nSPS) is 17.5. The molecule has 0 fully saturated rings. The number of fused-ring (bicyclic) bond motifs is 14. The van der Waals surface area contributed by atoms with Crippen molar-refractivity contribution in [3.05, 3.63) is 199 Å². The van der Waals surface area contributed by atoms with Crippen molar-refractivity contribution in [3.8, 4) is 67.5 Å². The van der Waals surface area contributed by atoms with Gasteiger partial charge in [-0.25, -0.2) is 0 Å². The molecule has 11 nitrogen and oxygen atoms in total. The maximum absolute atomic E-state index is 15.2. The van der Waals surface area contributed by atoms with Crippen LogP contribution in [0.15, 0.2) is 202 Å². The van der Waals surface area contributed by atoms with E-state index in [-0.39, 0.29) is 44.9 Å². The molecule has 0 saturated heterocycles. The molecule has 10 aromatic carbocycles. The molecular weight excluding hydrogens is 1060 g/mol. The van der Waals surface area contributed by atoms with E-state index in [4.69, 9.17) is 18.1 Å². The van der Waals surface area contributed by atoms with Crippen molar-refractivity contribution in [1.29, 1.82) is 0 Å².